The molecule has 1 aliphatic rings. The minimum Gasteiger partial charge on any atom is -0.497 e. The van der Waals surface area contributed by atoms with Gasteiger partial charge in [0.05, 0.1) is 29.9 Å². The molecule has 6 nitrogen and oxygen atoms in total. The van der Waals surface area contributed by atoms with Crippen LogP contribution < -0.4 is 9.04 Å². The standard InChI is InChI=1S/C24H21N3O3S/c1-17-8-11-21(12-9-17)31(28,29)27-16-18-15-26(19-6-4-3-5-7-19)25-24(18)22-14-20(30-2)10-13-23(22)27/h3-15H,16H2,1-2H3. The van der Waals surface area contributed by atoms with E-state index in [9.17, 15) is 8.42 Å². The van der Waals surface area contributed by atoms with Crippen LogP contribution in [0.15, 0.2) is 83.9 Å². The molecule has 0 amide bonds. The van der Waals surface area contributed by atoms with Crippen LogP contribution in [0.5, 0.6) is 5.75 Å². The van der Waals surface area contributed by atoms with Gasteiger partial charge in [-0.05, 0) is 49.4 Å². The average Bonchev–Trinajstić information content (AvgIpc) is 3.24. The number of rotatable bonds is 4. The Bertz CT molecular complexity index is 1360. The van der Waals surface area contributed by atoms with Gasteiger partial charge in [0, 0.05) is 17.3 Å². The highest BCUT2D eigenvalue weighted by Crippen LogP contribution is 2.43. The molecule has 0 spiro atoms. The predicted octanol–water partition coefficient (Wildman–Crippen LogP) is 4.57. The molecule has 1 aromatic heterocycles. The number of hydrogen-bond acceptors (Lipinski definition) is 4. The Kier molecular flexibility index (Phi) is 4.55. The summed E-state index contributed by atoms with van der Waals surface area (Å²) < 4.78 is 35.8. The zero-order valence-corrected chi connectivity index (χ0v) is 18.0. The summed E-state index contributed by atoms with van der Waals surface area (Å²) in [5, 5.41) is 4.78. The van der Waals surface area contributed by atoms with E-state index < -0.39 is 10.0 Å². The van der Waals surface area contributed by atoms with Crippen molar-refractivity contribution in [3.05, 3.63) is 90.1 Å². The van der Waals surface area contributed by atoms with Gasteiger partial charge in [0.2, 0.25) is 0 Å². The fourth-order valence-electron chi connectivity index (χ4n) is 3.81. The highest BCUT2D eigenvalue weighted by Gasteiger charge is 2.34. The number of methoxy groups -OCH3 is 1. The quantitative estimate of drug-likeness (QED) is 0.475. The molecule has 0 atom stereocenters. The van der Waals surface area contributed by atoms with E-state index in [0.717, 1.165) is 28.1 Å². The monoisotopic (exact) mass is 431 g/mol. The number of ether oxygens (including phenoxy) is 1. The Morgan fingerprint density at radius 2 is 1.71 bits per heavy atom. The third-order valence-corrected chi connectivity index (χ3v) is 7.24. The van der Waals surface area contributed by atoms with Crippen molar-refractivity contribution in [1.82, 2.24) is 9.78 Å². The molecule has 5 rings (SSSR count). The average molecular weight is 432 g/mol. The van der Waals surface area contributed by atoms with Gasteiger partial charge in [-0.2, -0.15) is 5.10 Å². The molecule has 7 heteroatoms. The molecule has 0 unspecified atom stereocenters. The molecular formula is C24H21N3O3S. The summed E-state index contributed by atoms with van der Waals surface area (Å²) in [6.07, 6.45) is 1.89. The van der Waals surface area contributed by atoms with E-state index in [2.05, 4.69) is 0 Å². The van der Waals surface area contributed by atoms with Gasteiger partial charge in [0.1, 0.15) is 11.4 Å². The van der Waals surface area contributed by atoms with Gasteiger partial charge in [-0.1, -0.05) is 35.9 Å². The maximum atomic E-state index is 13.6. The Balaban J connectivity index is 1.68. The molecule has 0 N–H and O–H groups in total. The molecule has 31 heavy (non-hydrogen) atoms. The van der Waals surface area contributed by atoms with Crippen molar-refractivity contribution in [2.45, 2.75) is 18.4 Å². The van der Waals surface area contributed by atoms with Crippen molar-refractivity contribution >= 4 is 15.7 Å². The van der Waals surface area contributed by atoms with Gasteiger partial charge < -0.3 is 4.74 Å². The van der Waals surface area contributed by atoms with Crippen molar-refractivity contribution in [3.8, 4) is 22.7 Å². The SMILES string of the molecule is COc1ccc2c(c1)-c1nn(-c3ccccc3)cc1CN2S(=O)(=O)c1ccc(C)cc1. The van der Waals surface area contributed by atoms with E-state index in [4.69, 9.17) is 9.84 Å². The molecule has 1 aliphatic heterocycles. The molecule has 0 saturated carbocycles. The highest BCUT2D eigenvalue weighted by molar-refractivity contribution is 7.92. The molecular weight excluding hydrogens is 410 g/mol. The van der Waals surface area contributed by atoms with E-state index in [0.29, 0.717) is 11.4 Å². The van der Waals surface area contributed by atoms with Gasteiger partial charge >= 0.3 is 0 Å². The molecule has 0 fully saturated rings. The number of aromatic nitrogens is 2. The predicted molar refractivity (Wildman–Crippen MR) is 120 cm³/mol. The lowest BCUT2D eigenvalue weighted by Crippen LogP contribution is -2.33. The summed E-state index contributed by atoms with van der Waals surface area (Å²) in [5.74, 6) is 0.647. The lowest BCUT2D eigenvalue weighted by Gasteiger charge is -2.30. The number of hydrogen-bond donors (Lipinski definition) is 0. The first-order chi connectivity index (χ1) is 15.0. The number of nitrogens with zero attached hydrogens (tertiary/aromatic N) is 3. The summed E-state index contributed by atoms with van der Waals surface area (Å²) >= 11 is 0. The minimum absolute atomic E-state index is 0.206. The fourth-order valence-corrected chi connectivity index (χ4v) is 5.27. The maximum absolute atomic E-state index is 13.6. The van der Waals surface area contributed by atoms with E-state index in [-0.39, 0.29) is 11.4 Å². The van der Waals surface area contributed by atoms with Crippen LogP contribution in [0.2, 0.25) is 0 Å². The zero-order valence-electron chi connectivity index (χ0n) is 17.2. The molecule has 3 aromatic carbocycles. The summed E-state index contributed by atoms with van der Waals surface area (Å²) in [6.45, 7) is 2.14. The molecule has 0 aliphatic carbocycles. The van der Waals surface area contributed by atoms with Crippen LogP contribution in [0, 0.1) is 6.92 Å². The van der Waals surface area contributed by atoms with Crippen LogP contribution >= 0.6 is 0 Å². The number of para-hydroxylation sites is 1. The molecule has 2 heterocycles. The smallest absolute Gasteiger partial charge is 0.264 e. The van der Waals surface area contributed by atoms with Crippen LogP contribution in [0.25, 0.3) is 16.9 Å². The Hall–Kier alpha value is -3.58. The second-order valence-corrected chi connectivity index (χ2v) is 9.35. The first-order valence-corrected chi connectivity index (χ1v) is 11.3. The first-order valence-electron chi connectivity index (χ1n) is 9.89. The number of anilines is 1. The lowest BCUT2D eigenvalue weighted by molar-refractivity contribution is 0.415. The van der Waals surface area contributed by atoms with Crippen LogP contribution in [0.3, 0.4) is 0 Å². The second-order valence-electron chi connectivity index (χ2n) is 7.49. The summed E-state index contributed by atoms with van der Waals surface area (Å²) in [4.78, 5) is 0.263. The molecule has 0 radical (unpaired) electrons. The molecule has 0 saturated heterocycles. The first kappa shape index (κ1) is 19.4. The highest BCUT2D eigenvalue weighted by atomic mass is 32.2. The Labute approximate surface area is 181 Å². The van der Waals surface area contributed by atoms with Crippen LogP contribution in [-0.2, 0) is 16.6 Å². The molecule has 156 valence electrons. The van der Waals surface area contributed by atoms with Crippen molar-refractivity contribution in [2.24, 2.45) is 0 Å². The summed E-state index contributed by atoms with van der Waals surface area (Å²) in [7, 11) is -2.16. The Morgan fingerprint density at radius 3 is 2.42 bits per heavy atom. The van der Waals surface area contributed by atoms with E-state index in [1.807, 2.05) is 61.7 Å². The summed E-state index contributed by atoms with van der Waals surface area (Å²) in [6, 6.07) is 22.1. The fraction of sp³-hybridized carbons (Fsp3) is 0.125. The van der Waals surface area contributed by atoms with Gasteiger partial charge in [-0.3, -0.25) is 4.31 Å². The van der Waals surface area contributed by atoms with E-state index in [1.165, 1.54) is 4.31 Å². The van der Waals surface area contributed by atoms with Crippen molar-refractivity contribution in [2.75, 3.05) is 11.4 Å². The van der Waals surface area contributed by atoms with Crippen LogP contribution in [0.1, 0.15) is 11.1 Å². The third-order valence-electron chi connectivity index (χ3n) is 5.46. The second kappa shape index (κ2) is 7.28. The minimum atomic E-state index is -3.75. The number of fused-ring (bicyclic) bond motifs is 3. The topological polar surface area (TPSA) is 64.4 Å². The number of aryl methyl sites for hydroxylation is 1. The normalized spacial score (nSPS) is 12.9. The van der Waals surface area contributed by atoms with Crippen molar-refractivity contribution in [1.29, 1.82) is 0 Å². The van der Waals surface area contributed by atoms with Gasteiger partial charge in [0.25, 0.3) is 10.0 Å². The van der Waals surface area contributed by atoms with Crippen molar-refractivity contribution in [3.63, 3.8) is 0 Å². The molecule has 0 bridgehead atoms. The van der Waals surface area contributed by atoms with Crippen LogP contribution in [0.4, 0.5) is 5.69 Å². The summed E-state index contributed by atoms with van der Waals surface area (Å²) in [5.41, 5.74) is 4.83. The van der Waals surface area contributed by atoms with Gasteiger partial charge in [0.15, 0.2) is 0 Å². The van der Waals surface area contributed by atoms with Crippen LogP contribution in [-0.4, -0.2) is 25.3 Å². The van der Waals surface area contributed by atoms with E-state index >= 15 is 0 Å². The zero-order chi connectivity index (χ0) is 21.6. The number of benzene rings is 3. The number of sulfonamides is 1. The van der Waals surface area contributed by atoms with Gasteiger partial charge in [-0.25, -0.2) is 13.1 Å². The van der Waals surface area contributed by atoms with E-state index in [1.54, 1.807) is 36.1 Å². The van der Waals surface area contributed by atoms with Gasteiger partial charge in [-0.15, -0.1) is 0 Å². The Morgan fingerprint density at radius 1 is 0.968 bits per heavy atom. The lowest BCUT2D eigenvalue weighted by atomic mass is 10.0. The maximum Gasteiger partial charge on any atom is 0.264 e. The van der Waals surface area contributed by atoms with Crippen molar-refractivity contribution < 1.29 is 13.2 Å². The largest absolute Gasteiger partial charge is 0.497 e. The third kappa shape index (κ3) is 3.27. The molecule has 4 aromatic rings.